The van der Waals surface area contributed by atoms with Crippen LogP contribution in [0.25, 0.3) is 10.9 Å². The van der Waals surface area contributed by atoms with E-state index in [-0.39, 0.29) is 17.6 Å². The molecule has 170 valence electrons. The third-order valence-electron chi connectivity index (χ3n) is 6.51. The van der Waals surface area contributed by atoms with Crippen molar-refractivity contribution in [1.29, 1.82) is 0 Å². The molecule has 1 fully saturated rings. The van der Waals surface area contributed by atoms with Crippen LogP contribution in [0.5, 0.6) is 0 Å². The van der Waals surface area contributed by atoms with Gasteiger partial charge in [0.1, 0.15) is 11.6 Å². The molecule has 1 aliphatic heterocycles. The van der Waals surface area contributed by atoms with E-state index in [1.165, 1.54) is 28.7 Å². The predicted octanol–water partition coefficient (Wildman–Crippen LogP) is 4.95. The highest BCUT2D eigenvalue weighted by Crippen LogP contribution is 2.25. The summed E-state index contributed by atoms with van der Waals surface area (Å²) in [7, 11) is 0. The Hall–Kier alpha value is -3.38. The summed E-state index contributed by atoms with van der Waals surface area (Å²) >= 11 is 0. The number of piperidine rings is 1. The number of nitrogens with one attached hydrogen (secondary N) is 1. The lowest BCUT2D eigenvalue weighted by Gasteiger charge is -2.31. The molecular weight excluding hydrogens is 417 g/mol. The largest absolute Gasteiger partial charge is 0.467 e. The molecule has 0 atom stereocenters. The summed E-state index contributed by atoms with van der Waals surface area (Å²) in [6.07, 6.45) is 3.32. The van der Waals surface area contributed by atoms with Crippen LogP contribution < -0.4 is 5.32 Å². The molecule has 5 nitrogen and oxygen atoms in total. The van der Waals surface area contributed by atoms with Gasteiger partial charge in [-0.25, -0.2) is 4.39 Å². The van der Waals surface area contributed by atoms with Gasteiger partial charge in [-0.05, 0) is 73.3 Å². The zero-order valence-electron chi connectivity index (χ0n) is 18.5. The van der Waals surface area contributed by atoms with E-state index in [0.29, 0.717) is 13.1 Å². The molecule has 0 radical (unpaired) electrons. The summed E-state index contributed by atoms with van der Waals surface area (Å²) in [5, 5.41) is 4.21. The molecule has 2 aromatic heterocycles. The van der Waals surface area contributed by atoms with Crippen LogP contribution in [0.1, 0.15) is 29.9 Å². The van der Waals surface area contributed by atoms with Crippen LogP contribution in [0.15, 0.2) is 77.4 Å². The summed E-state index contributed by atoms with van der Waals surface area (Å²) in [5.74, 6) is 0.708. The van der Waals surface area contributed by atoms with Gasteiger partial charge in [-0.2, -0.15) is 0 Å². The van der Waals surface area contributed by atoms with Crippen LogP contribution in [0, 0.1) is 11.7 Å². The Balaban J connectivity index is 1.24. The number of halogens is 1. The van der Waals surface area contributed by atoms with Crippen molar-refractivity contribution in [1.82, 2.24) is 14.8 Å². The summed E-state index contributed by atoms with van der Waals surface area (Å²) in [4.78, 5) is 15.0. The Morgan fingerprint density at radius 3 is 2.55 bits per heavy atom. The molecule has 1 saturated heterocycles. The fourth-order valence-electron chi connectivity index (χ4n) is 4.67. The smallest absolute Gasteiger partial charge is 0.223 e. The fraction of sp³-hybridized carbons (Fsp3) is 0.296. The molecule has 1 amide bonds. The Morgan fingerprint density at radius 1 is 1.00 bits per heavy atom. The maximum atomic E-state index is 13.4. The van der Waals surface area contributed by atoms with Crippen LogP contribution in [0.4, 0.5) is 4.39 Å². The molecule has 6 heteroatoms. The number of hydrogen-bond donors (Lipinski definition) is 1. The van der Waals surface area contributed by atoms with E-state index < -0.39 is 0 Å². The van der Waals surface area contributed by atoms with Crippen LogP contribution in [0.2, 0.25) is 0 Å². The third-order valence-corrected chi connectivity index (χ3v) is 6.51. The molecule has 0 aliphatic carbocycles. The van der Waals surface area contributed by atoms with E-state index in [9.17, 15) is 9.18 Å². The average Bonchev–Trinajstić information content (AvgIpc) is 3.48. The molecule has 0 saturated carbocycles. The number of likely N-dealkylation sites (tertiary alicyclic amines) is 1. The maximum Gasteiger partial charge on any atom is 0.223 e. The molecule has 0 spiro atoms. The third kappa shape index (κ3) is 5.01. The van der Waals surface area contributed by atoms with E-state index >= 15 is 0 Å². The number of carbonyl (C=O) groups is 1. The highest BCUT2D eigenvalue weighted by Gasteiger charge is 2.25. The Morgan fingerprint density at radius 2 is 1.79 bits per heavy atom. The summed E-state index contributed by atoms with van der Waals surface area (Å²) < 4.78 is 21.0. The van der Waals surface area contributed by atoms with Gasteiger partial charge in [-0.1, -0.05) is 30.3 Å². The second kappa shape index (κ2) is 9.63. The van der Waals surface area contributed by atoms with Crippen molar-refractivity contribution in [2.75, 3.05) is 13.1 Å². The van der Waals surface area contributed by atoms with Gasteiger partial charge < -0.3 is 14.3 Å². The molecule has 0 bridgehead atoms. The molecule has 1 N–H and O–H groups in total. The standard InChI is InChI=1S/C27H28FN3O2/c28-23-9-7-20(8-10-23)18-31-24(16-22-4-1-2-6-26(22)31)19-30-13-11-21(12-14-30)27(32)29-17-25-5-3-15-33-25/h1-10,15-16,21H,11-14,17-19H2,(H,29,32). The lowest BCUT2D eigenvalue weighted by molar-refractivity contribution is -0.126. The van der Waals surface area contributed by atoms with Gasteiger partial charge in [0.05, 0.1) is 12.8 Å². The number of aromatic nitrogens is 1. The van der Waals surface area contributed by atoms with Crippen LogP contribution in [-0.4, -0.2) is 28.5 Å². The van der Waals surface area contributed by atoms with Gasteiger partial charge in [-0.15, -0.1) is 0 Å². The number of nitrogens with zero attached hydrogens (tertiary/aromatic N) is 2. The molecule has 5 rings (SSSR count). The normalized spacial score (nSPS) is 15.2. The van der Waals surface area contributed by atoms with Crippen molar-refractivity contribution < 1.29 is 13.6 Å². The van der Waals surface area contributed by atoms with Gasteiger partial charge in [-0.3, -0.25) is 9.69 Å². The summed E-state index contributed by atoms with van der Waals surface area (Å²) in [5.41, 5.74) is 3.50. The van der Waals surface area contributed by atoms with Crippen LogP contribution >= 0.6 is 0 Å². The molecule has 1 aliphatic rings. The second-order valence-corrected chi connectivity index (χ2v) is 8.75. The SMILES string of the molecule is O=C(NCc1ccco1)C1CCN(Cc2cc3ccccc3n2Cc2ccc(F)cc2)CC1. The van der Waals surface area contributed by atoms with E-state index in [0.717, 1.165) is 43.8 Å². The zero-order valence-corrected chi connectivity index (χ0v) is 18.5. The highest BCUT2D eigenvalue weighted by molar-refractivity contribution is 5.81. The maximum absolute atomic E-state index is 13.4. The topological polar surface area (TPSA) is 50.4 Å². The summed E-state index contributed by atoms with van der Waals surface area (Å²) in [6, 6.07) is 21.1. The Kier molecular flexibility index (Phi) is 6.26. The quantitative estimate of drug-likeness (QED) is 0.438. The van der Waals surface area contributed by atoms with E-state index in [1.807, 2.05) is 24.3 Å². The highest BCUT2D eigenvalue weighted by atomic mass is 19.1. The Bertz CT molecular complexity index is 1210. The fourth-order valence-corrected chi connectivity index (χ4v) is 4.67. The molecule has 2 aromatic carbocycles. The minimum atomic E-state index is -0.215. The minimum Gasteiger partial charge on any atom is -0.467 e. The van der Waals surface area contributed by atoms with Crippen molar-refractivity contribution in [3.05, 3.63) is 95.8 Å². The number of rotatable bonds is 7. The first-order valence-corrected chi connectivity index (χ1v) is 11.5. The number of amides is 1. The number of carbonyl (C=O) groups excluding carboxylic acids is 1. The van der Waals surface area contributed by atoms with Crippen molar-refractivity contribution in [3.63, 3.8) is 0 Å². The van der Waals surface area contributed by atoms with Gasteiger partial charge in [0, 0.05) is 30.2 Å². The first-order chi connectivity index (χ1) is 16.2. The molecular formula is C27H28FN3O2. The number of fused-ring (bicyclic) bond motifs is 1. The van der Waals surface area contributed by atoms with Crippen LogP contribution in [-0.2, 0) is 24.4 Å². The van der Waals surface area contributed by atoms with E-state index in [1.54, 1.807) is 6.26 Å². The first-order valence-electron chi connectivity index (χ1n) is 11.5. The molecule has 3 heterocycles. The average molecular weight is 446 g/mol. The number of furan rings is 1. The first kappa shape index (κ1) is 21.5. The second-order valence-electron chi connectivity index (χ2n) is 8.75. The van der Waals surface area contributed by atoms with Crippen molar-refractivity contribution in [2.45, 2.75) is 32.5 Å². The number of para-hydroxylation sites is 1. The van der Waals surface area contributed by atoms with Crippen molar-refractivity contribution in [2.24, 2.45) is 5.92 Å². The van der Waals surface area contributed by atoms with Gasteiger partial charge in [0.2, 0.25) is 5.91 Å². The zero-order chi connectivity index (χ0) is 22.6. The molecule has 0 unspecified atom stereocenters. The Labute approximate surface area is 192 Å². The predicted molar refractivity (Wildman–Crippen MR) is 126 cm³/mol. The van der Waals surface area contributed by atoms with Gasteiger partial charge in [0.15, 0.2) is 0 Å². The number of benzene rings is 2. The lowest BCUT2D eigenvalue weighted by atomic mass is 9.96. The van der Waals surface area contributed by atoms with Crippen molar-refractivity contribution in [3.8, 4) is 0 Å². The minimum absolute atomic E-state index is 0.0429. The lowest BCUT2D eigenvalue weighted by Crippen LogP contribution is -2.40. The summed E-state index contributed by atoms with van der Waals surface area (Å²) in [6.45, 7) is 3.74. The van der Waals surface area contributed by atoms with Gasteiger partial charge >= 0.3 is 0 Å². The molecule has 33 heavy (non-hydrogen) atoms. The number of hydrogen-bond acceptors (Lipinski definition) is 3. The van der Waals surface area contributed by atoms with Gasteiger partial charge in [0.25, 0.3) is 0 Å². The van der Waals surface area contributed by atoms with Crippen LogP contribution in [0.3, 0.4) is 0 Å². The molecule has 4 aromatic rings. The van der Waals surface area contributed by atoms with Crippen molar-refractivity contribution >= 4 is 16.8 Å². The van der Waals surface area contributed by atoms with E-state index in [2.05, 4.69) is 45.1 Å². The van der Waals surface area contributed by atoms with E-state index in [4.69, 9.17) is 4.42 Å². The monoisotopic (exact) mass is 445 g/mol.